The number of aryl methyl sites for hydroxylation is 1. The molecule has 0 aliphatic carbocycles. The summed E-state index contributed by atoms with van der Waals surface area (Å²) in [6, 6.07) is 7.42. The highest BCUT2D eigenvalue weighted by molar-refractivity contribution is 7.80. The number of aromatic nitrogens is 2. The van der Waals surface area contributed by atoms with Crippen LogP contribution in [0, 0.1) is 0 Å². The molecule has 0 atom stereocenters. The van der Waals surface area contributed by atoms with Crippen molar-refractivity contribution in [2.75, 3.05) is 5.32 Å². The molecule has 4 nitrogen and oxygen atoms in total. The minimum Gasteiger partial charge on any atom is -0.389 e. The van der Waals surface area contributed by atoms with E-state index in [9.17, 15) is 0 Å². The molecule has 3 N–H and O–H groups in total. The van der Waals surface area contributed by atoms with Crippen molar-refractivity contribution in [2.45, 2.75) is 6.54 Å². The molecule has 2 aromatic rings. The Bertz CT molecular complexity index is 579. The lowest BCUT2D eigenvalue weighted by atomic mass is 10.2. The molecule has 1 aromatic carbocycles. The van der Waals surface area contributed by atoms with Crippen molar-refractivity contribution < 1.29 is 0 Å². The van der Waals surface area contributed by atoms with Crippen molar-refractivity contribution in [3.63, 3.8) is 0 Å². The molecule has 18 heavy (non-hydrogen) atoms. The predicted octanol–water partition coefficient (Wildman–Crippen LogP) is 2.32. The summed E-state index contributed by atoms with van der Waals surface area (Å²) in [5.74, 6) is 0. The molecule has 2 rings (SSSR count). The van der Waals surface area contributed by atoms with Gasteiger partial charge in [0, 0.05) is 18.8 Å². The van der Waals surface area contributed by atoms with Crippen LogP contribution in [0.4, 0.5) is 5.69 Å². The summed E-state index contributed by atoms with van der Waals surface area (Å²) in [5.41, 5.74) is 8.23. The second kappa shape index (κ2) is 5.37. The minimum atomic E-state index is 0.343. The standard InChI is InChI=1S/C12H13ClN4S/c1-17-9(4-5-16-17)7-15-11-3-2-8(12(14)18)6-10(11)13/h2-6,15H,7H2,1H3,(H2,14,18). The predicted molar refractivity (Wildman–Crippen MR) is 77.9 cm³/mol. The average molecular weight is 281 g/mol. The van der Waals surface area contributed by atoms with Crippen molar-refractivity contribution in [3.8, 4) is 0 Å². The number of halogens is 1. The second-order valence-corrected chi connectivity index (χ2v) is 4.71. The molecular weight excluding hydrogens is 268 g/mol. The van der Waals surface area contributed by atoms with Crippen LogP contribution in [-0.2, 0) is 13.6 Å². The highest BCUT2D eigenvalue weighted by Gasteiger charge is 2.04. The second-order valence-electron chi connectivity index (χ2n) is 3.86. The third-order valence-corrected chi connectivity index (χ3v) is 3.18. The van der Waals surface area contributed by atoms with E-state index in [0.29, 0.717) is 16.6 Å². The van der Waals surface area contributed by atoms with Gasteiger partial charge in [0.05, 0.1) is 22.9 Å². The minimum absolute atomic E-state index is 0.343. The molecule has 0 aliphatic heterocycles. The number of hydrogen-bond acceptors (Lipinski definition) is 3. The van der Waals surface area contributed by atoms with Gasteiger partial charge in [-0.1, -0.05) is 23.8 Å². The van der Waals surface area contributed by atoms with E-state index in [2.05, 4.69) is 10.4 Å². The van der Waals surface area contributed by atoms with Crippen molar-refractivity contribution in [3.05, 3.63) is 46.7 Å². The van der Waals surface area contributed by atoms with Crippen LogP contribution in [0.2, 0.25) is 5.02 Å². The third-order valence-electron chi connectivity index (χ3n) is 2.64. The summed E-state index contributed by atoms with van der Waals surface area (Å²) in [5, 5.41) is 7.94. The Morgan fingerprint density at radius 1 is 1.50 bits per heavy atom. The third kappa shape index (κ3) is 2.80. The van der Waals surface area contributed by atoms with E-state index >= 15 is 0 Å². The Kier molecular flexibility index (Phi) is 3.84. The zero-order valence-electron chi connectivity index (χ0n) is 9.85. The topological polar surface area (TPSA) is 55.9 Å². The lowest BCUT2D eigenvalue weighted by Crippen LogP contribution is -2.10. The van der Waals surface area contributed by atoms with Gasteiger partial charge in [0.25, 0.3) is 0 Å². The number of thiocarbonyl (C=S) groups is 1. The fourth-order valence-corrected chi connectivity index (χ4v) is 1.95. The molecule has 6 heteroatoms. The number of nitrogens with two attached hydrogens (primary N) is 1. The van der Waals surface area contributed by atoms with Crippen LogP contribution in [0.15, 0.2) is 30.5 Å². The Balaban J connectivity index is 2.11. The number of anilines is 1. The molecular formula is C12H13ClN4S. The molecule has 0 fully saturated rings. The number of nitrogens with zero attached hydrogens (tertiary/aromatic N) is 2. The van der Waals surface area contributed by atoms with E-state index in [4.69, 9.17) is 29.6 Å². The molecule has 1 heterocycles. The SMILES string of the molecule is Cn1nccc1CNc1ccc(C(N)=S)cc1Cl. The fraction of sp³-hybridized carbons (Fsp3) is 0.167. The van der Waals surface area contributed by atoms with E-state index in [1.54, 1.807) is 12.3 Å². The zero-order chi connectivity index (χ0) is 13.1. The quantitative estimate of drug-likeness (QED) is 0.844. The van der Waals surface area contributed by atoms with Gasteiger partial charge in [0.15, 0.2) is 0 Å². The van der Waals surface area contributed by atoms with Crippen LogP contribution >= 0.6 is 23.8 Å². The summed E-state index contributed by atoms with van der Waals surface area (Å²) in [7, 11) is 1.90. The summed E-state index contributed by atoms with van der Waals surface area (Å²) in [6.07, 6.45) is 1.76. The van der Waals surface area contributed by atoms with Crippen molar-refractivity contribution >= 4 is 34.5 Å². The van der Waals surface area contributed by atoms with Gasteiger partial charge in [0.2, 0.25) is 0 Å². The average Bonchev–Trinajstić information content (AvgIpc) is 2.73. The normalized spacial score (nSPS) is 10.3. The van der Waals surface area contributed by atoms with Crippen LogP contribution in [0.5, 0.6) is 0 Å². The van der Waals surface area contributed by atoms with E-state index in [-0.39, 0.29) is 0 Å². The lowest BCUT2D eigenvalue weighted by molar-refractivity contribution is 0.720. The number of hydrogen-bond donors (Lipinski definition) is 2. The van der Waals surface area contributed by atoms with Gasteiger partial charge in [-0.2, -0.15) is 5.10 Å². The summed E-state index contributed by atoms with van der Waals surface area (Å²) in [6.45, 7) is 0.655. The van der Waals surface area contributed by atoms with Gasteiger partial charge in [-0.15, -0.1) is 0 Å². The number of nitrogens with one attached hydrogen (secondary N) is 1. The van der Waals surface area contributed by atoms with Gasteiger partial charge in [-0.05, 0) is 24.3 Å². The Morgan fingerprint density at radius 3 is 2.83 bits per heavy atom. The Morgan fingerprint density at radius 2 is 2.28 bits per heavy atom. The maximum absolute atomic E-state index is 6.15. The van der Waals surface area contributed by atoms with E-state index in [1.165, 1.54) is 0 Å². The van der Waals surface area contributed by atoms with E-state index in [1.807, 2.05) is 29.9 Å². The van der Waals surface area contributed by atoms with Gasteiger partial charge in [0.1, 0.15) is 4.99 Å². The zero-order valence-corrected chi connectivity index (χ0v) is 11.4. The lowest BCUT2D eigenvalue weighted by Gasteiger charge is -2.09. The smallest absolute Gasteiger partial charge is 0.104 e. The van der Waals surface area contributed by atoms with Crippen LogP contribution < -0.4 is 11.1 Å². The first-order valence-corrected chi connectivity index (χ1v) is 6.16. The molecule has 0 radical (unpaired) electrons. The van der Waals surface area contributed by atoms with Crippen LogP contribution in [0.1, 0.15) is 11.3 Å². The first kappa shape index (κ1) is 12.9. The molecule has 0 saturated heterocycles. The Hall–Kier alpha value is -1.59. The molecule has 1 aromatic heterocycles. The first-order chi connectivity index (χ1) is 8.58. The summed E-state index contributed by atoms with van der Waals surface area (Å²) >= 11 is 11.1. The largest absolute Gasteiger partial charge is 0.389 e. The highest BCUT2D eigenvalue weighted by atomic mass is 35.5. The number of benzene rings is 1. The van der Waals surface area contributed by atoms with E-state index < -0.39 is 0 Å². The van der Waals surface area contributed by atoms with Crippen LogP contribution in [-0.4, -0.2) is 14.8 Å². The van der Waals surface area contributed by atoms with Crippen molar-refractivity contribution in [1.82, 2.24) is 9.78 Å². The van der Waals surface area contributed by atoms with E-state index in [0.717, 1.165) is 16.9 Å². The molecule has 0 spiro atoms. The number of rotatable bonds is 4. The van der Waals surface area contributed by atoms with Gasteiger partial charge in [-0.25, -0.2) is 0 Å². The first-order valence-electron chi connectivity index (χ1n) is 5.38. The molecule has 0 unspecified atom stereocenters. The summed E-state index contributed by atoms with van der Waals surface area (Å²) < 4.78 is 1.81. The summed E-state index contributed by atoms with van der Waals surface area (Å²) in [4.78, 5) is 0.343. The van der Waals surface area contributed by atoms with Gasteiger partial charge in [-0.3, -0.25) is 4.68 Å². The van der Waals surface area contributed by atoms with Gasteiger partial charge < -0.3 is 11.1 Å². The molecule has 94 valence electrons. The molecule has 0 saturated carbocycles. The Labute approximate surface area is 116 Å². The highest BCUT2D eigenvalue weighted by Crippen LogP contribution is 2.23. The van der Waals surface area contributed by atoms with Crippen LogP contribution in [0.3, 0.4) is 0 Å². The maximum atomic E-state index is 6.15. The monoisotopic (exact) mass is 280 g/mol. The fourth-order valence-electron chi connectivity index (χ4n) is 1.57. The van der Waals surface area contributed by atoms with Crippen LogP contribution in [0.25, 0.3) is 0 Å². The maximum Gasteiger partial charge on any atom is 0.104 e. The molecule has 0 bridgehead atoms. The molecule has 0 aliphatic rings. The molecule has 0 amide bonds. The van der Waals surface area contributed by atoms with Gasteiger partial charge >= 0.3 is 0 Å². The van der Waals surface area contributed by atoms with Crippen molar-refractivity contribution in [1.29, 1.82) is 0 Å². The van der Waals surface area contributed by atoms with Crippen molar-refractivity contribution in [2.24, 2.45) is 12.8 Å².